The predicted molar refractivity (Wildman–Crippen MR) is 44.9 cm³/mol. The monoisotopic (exact) mass is 175 g/mol. The lowest BCUT2D eigenvalue weighted by Gasteiger charge is -1.96. The van der Waals surface area contributed by atoms with E-state index in [4.69, 9.17) is 9.63 Å². The maximum absolute atomic E-state index is 10.7. The first-order valence-electron chi connectivity index (χ1n) is 3.56. The minimum absolute atomic E-state index is 0.248. The quantitative estimate of drug-likeness (QED) is 0.202. The summed E-state index contributed by atoms with van der Waals surface area (Å²) in [6.45, 7) is 2.16. The summed E-state index contributed by atoms with van der Waals surface area (Å²) < 4.78 is 5.06. The molecule has 0 fully saturated rings. The molecule has 4 nitrogen and oxygen atoms in total. The highest BCUT2D eigenvalue weighted by molar-refractivity contribution is 6.34. The summed E-state index contributed by atoms with van der Waals surface area (Å²) in [5.74, 6) is 0.248. The van der Waals surface area contributed by atoms with Gasteiger partial charge in [0.2, 0.25) is 0 Å². The van der Waals surface area contributed by atoms with Crippen molar-refractivity contribution in [3.8, 4) is 0 Å². The molecule has 0 atom stereocenters. The summed E-state index contributed by atoms with van der Waals surface area (Å²) in [7, 11) is -0.719. The van der Waals surface area contributed by atoms with Gasteiger partial charge in [0.05, 0.1) is 12.8 Å². The van der Waals surface area contributed by atoms with Crippen molar-refractivity contribution in [2.75, 3.05) is 6.61 Å². The van der Waals surface area contributed by atoms with Gasteiger partial charge in [0.25, 0.3) is 0 Å². The maximum atomic E-state index is 10.7. The number of hydrogen-bond acceptors (Lipinski definition) is 4. The molecule has 0 bridgehead atoms. The van der Waals surface area contributed by atoms with Crippen molar-refractivity contribution in [3.63, 3.8) is 0 Å². The van der Waals surface area contributed by atoms with E-state index in [9.17, 15) is 4.79 Å². The van der Waals surface area contributed by atoms with Crippen molar-refractivity contribution in [1.82, 2.24) is 0 Å². The van der Waals surface area contributed by atoms with Crippen LogP contribution in [0.4, 0.5) is 0 Å². The SMILES string of the molecule is CCC(=O)C[SiH2]OCC=NO. The van der Waals surface area contributed by atoms with Crippen molar-refractivity contribution >= 4 is 21.8 Å². The third kappa shape index (κ3) is 7.21. The first-order chi connectivity index (χ1) is 5.31. The molecule has 0 rings (SSSR count). The van der Waals surface area contributed by atoms with Crippen LogP contribution in [-0.4, -0.2) is 33.6 Å². The Morgan fingerprint density at radius 1 is 1.82 bits per heavy atom. The predicted octanol–water partition coefficient (Wildman–Crippen LogP) is -0.0558. The minimum atomic E-state index is -0.719. The van der Waals surface area contributed by atoms with E-state index in [0.29, 0.717) is 19.1 Å². The maximum Gasteiger partial charge on any atom is 0.169 e. The molecular weight excluding hydrogens is 162 g/mol. The van der Waals surface area contributed by atoms with Crippen LogP contribution in [-0.2, 0) is 9.22 Å². The smallest absolute Gasteiger partial charge is 0.169 e. The standard InChI is InChI=1S/C6H13NO3Si/c1-2-6(8)5-11-10-4-3-7-9/h3,9H,2,4-5,11H2,1H3. The largest absolute Gasteiger partial charge is 0.418 e. The van der Waals surface area contributed by atoms with E-state index in [1.165, 1.54) is 6.21 Å². The van der Waals surface area contributed by atoms with Crippen LogP contribution >= 0.6 is 0 Å². The molecule has 0 aliphatic heterocycles. The van der Waals surface area contributed by atoms with E-state index in [0.717, 1.165) is 0 Å². The van der Waals surface area contributed by atoms with Gasteiger partial charge in [-0.25, -0.2) is 0 Å². The first kappa shape index (κ1) is 10.3. The zero-order valence-corrected chi connectivity index (χ0v) is 8.03. The average molecular weight is 175 g/mol. The molecule has 0 heterocycles. The van der Waals surface area contributed by atoms with Crippen LogP contribution in [0.25, 0.3) is 0 Å². The summed E-state index contributed by atoms with van der Waals surface area (Å²) in [4.78, 5) is 10.7. The van der Waals surface area contributed by atoms with Crippen LogP contribution in [0.5, 0.6) is 0 Å². The second-order valence-corrected chi connectivity index (χ2v) is 3.33. The van der Waals surface area contributed by atoms with E-state index < -0.39 is 9.76 Å². The highest BCUT2D eigenvalue weighted by Crippen LogP contribution is 1.87. The van der Waals surface area contributed by atoms with Crippen LogP contribution in [0, 0.1) is 0 Å². The van der Waals surface area contributed by atoms with E-state index in [1.54, 1.807) is 0 Å². The summed E-state index contributed by atoms with van der Waals surface area (Å²) in [5.41, 5.74) is 0. The molecule has 0 aromatic heterocycles. The Kier molecular flexibility index (Phi) is 6.96. The number of carbonyl (C=O) groups is 1. The Morgan fingerprint density at radius 3 is 3.09 bits per heavy atom. The van der Waals surface area contributed by atoms with Crippen LogP contribution in [0.2, 0.25) is 6.04 Å². The Hall–Kier alpha value is -0.683. The van der Waals surface area contributed by atoms with Crippen molar-refractivity contribution in [1.29, 1.82) is 0 Å². The van der Waals surface area contributed by atoms with Gasteiger partial charge in [-0.05, 0) is 0 Å². The van der Waals surface area contributed by atoms with Gasteiger partial charge in [-0.15, -0.1) is 0 Å². The zero-order valence-electron chi connectivity index (χ0n) is 6.62. The van der Waals surface area contributed by atoms with E-state index >= 15 is 0 Å². The van der Waals surface area contributed by atoms with E-state index in [2.05, 4.69) is 5.16 Å². The average Bonchev–Trinajstić information content (AvgIpc) is 2.04. The van der Waals surface area contributed by atoms with Crippen LogP contribution in [0.1, 0.15) is 13.3 Å². The van der Waals surface area contributed by atoms with Crippen molar-refractivity contribution in [2.24, 2.45) is 5.16 Å². The number of Topliss-reactive ketones (excluding diaryl/α,β-unsaturated/α-hetero) is 1. The lowest BCUT2D eigenvalue weighted by atomic mass is 10.4. The molecule has 0 saturated carbocycles. The molecule has 0 saturated heterocycles. The van der Waals surface area contributed by atoms with Crippen LogP contribution in [0.3, 0.4) is 0 Å². The van der Waals surface area contributed by atoms with Crippen molar-refractivity contribution in [3.05, 3.63) is 0 Å². The second kappa shape index (κ2) is 7.42. The van der Waals surface area contributed by atoms with Gasteiger partial charge in [-0.1, -0.05) is 12.1 Å². The number of rotatable bonds is 6. The second-order valence-electron chi connectivity index (χ2n) is 2.02. The fourth-order valence-corrected chi connectivity index (χ4v) is 1.53. The topological polar surface area (TPSA) is 58.9 Å². The highest BCUT2D eigenvalue weighted by atomic mass is 28.2. The molecule has 11 heavy (non-hydrogen) atoms. The van der Waals surface area contributed by atoms with Gasteiger partial charge < -0.3 is 9.63 Å². The Labute approximate surface area is 68.2 Å². The van der Waals surface area contributed by atoms with Gasteiger partial charge in [-0.2, -0.15) is 0 Å². The van der Waals surface area contributed by atoms with Crippen LogP contribution < -0.4 is 0 Å². The van der Waals surface area contributed by atoms with Gasteiger partial charge in [0.15, 0.2) is 9.76 Å². The number of nitrogens with zero attached hydrogens (tertiary/aromatic N) is 1. The molecule has 0 aromatic rings. The Morgan fingerprint density at radius 2 is 2.55 bits per heavy atom. The Bertz CT molecular complexity index is 138. The zero-order chi connectivity index (χ0) is 8.53. The molecule has 5 heteroatoms. The number of hydrogen-bond donors (Lipinski definition) is 1. The molecule has 0 aliphatic rings. The molecule has 0 aliphatic carbocycles. The van der Waals surface area contributed by atoms with Crippen molar-refractivity contribution in [2.45, 2.75) is 19.4 Å². The van der Waals surface area contributed by atoms with Gasteiger partial charge in [-0.3, -0.25) is 4.79 Å². The lowest BCUT2D eigenvalue weighted by Crippen LogP contribution is -2.06. The first-order valence-corrected chi connectivity index (χ1v) is 5.14. The summed E-state index contributed by atoms with van der Waals surface area (Å²) in [6, 6.07) is 0.579. The third-order valence-electron chi connectivity index (χ3n) is 1.19. The number of oxime groups is 1. The van der Waals surface area contributed by atoms with E-state index in [1.807, 2.05) is 6.92 Å². The normalized spacial score (nSPS) is 11.7. The molecule has 0 radical (unpaired) electrons. The molecule has 64 valence electrons. The fraction of sp³-hybridized carbons (Fsp3) is 0.667. The molecule has 0 spiro atoms. The van der Waals surface area contributed by atoms with Crippen molar-refractivity contribution < 1.29 is 14.4 Å². The molecule has 0 unspecified atom stereocenters. The number of carbonyl (C=O) groups excluding carboxylic acids is 1. The van der Waals surface area contributed by atoms with Gasteiger partial charge in [0.1, 0.15) is 5.78 Å². The molecule has 0 aromatic carbocycles. The third-order valence-corrected chi connectivity index (χ3v) is 2.48. The minimum Gasteiger partial charge on any atom is -0.418 e. The summed E-state index contributed by atoms with van der Waals surface area (Å²) in [6.07, 6.45) is 1.86. The van der Waals surface area contributed by atoms with Crippen LogP contribution in [0.15, 0.2) is 5.16 Å². The van der Waals surface area contributed by atoms with E-state index in [-0.39, 0.29) is 5.78 Å². The molecule has 1 N–H and O–H groups in total. The number of ketones is 1. The lowest BCUT2D eigenvalue weighted by molar-refractivity contribution is -0.116. The van der Waals surface area contributed by atoms with Gasteiger partial charge >= 0.3 is 0 Å². The highest BCUT2D eigenvalue weighted by Gasteiger charge is 1.97. The summed E-state index contributed by atoms with van der Waals surface area (Å²) >= 11 is 0. The Balaban J connectivity index is 3.08. The molecular formula is C6H13NO3Si. The van der Waals surface area contributed by atoms with Gasteiger partial charge in [0, 0.05) is 12.5 Å². The molecule has 0 amide bonds. The fourth-order valence-electron chi connectivity index (χ4n) is 0.532. The summed E-state index contributed by atoms with van der Waals surface area (Å²) in [5, 5.41) is 10.7.